The molecule has 1 heterocycles. The summed E-state index contributed by atoms with van der Waals surface area (Å²) in [5.41, 5.74) is 9.93. The van der Waals surface area contributed by atoms with Gasteiger partial charge in [0.25, 0.3) is 0 Å². The Bertz CT molecular complexity index is 576. The summed E-state index contributed by atoms with van der Waals surface area (Å²) in [6.45, 7) is 4.13. The molecule has 0 aliphatic carbocycles. The molecule has 1 aromatic heterocycles. The molecule has 0 aliphatic rings. The van der Waals surface area contributed by atoms with E-state index in [1.807, 2.05) is 6.07 Å². The van der Waals surface area contributed by atoms with Crippen LogP contribution in [0.25, 0.3) is 10.4 Å². The number of hydrogen-bond acceptors (Lipinski definition) is 3. The fourth-order valence-corrected chi connectivity index (χ4v) is 2.58. The van der Waals surface area contributed by atoms with Crippen LogP contribution in [-0.4, -0.2) is 0 Å². The third-order valence-corrected chi connectivity index (χ3v) is 3.54. The minimum atomic E-state index is 0.570. The summed E-state index contributed by atoms with van der Waals surface area (Å²) in [5.74, 6) is 0. The number of rotatable bonds is 1. The van der Waals surface area contributed by atoms with Crippen molar-refractivity contribution in [2.75, 3.05) is 5.73 Å². The molecular formula is C13H12N2S. The SMILES string of the molecule is Cc1ccc(C)c(-c2cc(C#N)c(N)s2)c1. The highest BCUT2D eigenvalue weighted by atomic mass is 32.1. The lowest BCUT2D eigenvalue weighted by Crippen LogP contribution is -1.81. The Hall–Kier alpha value is -1.79. The molecule has 2 nitrogen and oxygen atoms in total. The van der Waals surface area contributed by atoms with E-state index in [1.165, 1.54) is 28.0 Å². The first-order chi connectivity index (χ1) is 7.61. The van der Waals surface area contributed by atoms with Crippen molar-refractivity contribution < 1.29 is 0 Å². The number of nitriles is 1. The number of aryl methyl sites for hydroxylation is 2. The van der Waals surface area contributed by atoms with Crippen LogP contribution in [-0.2, 0) is 0 Å². The molecule has 16 heavy (non-hydrogen) atoms. The summed E-state index contributed by atoms with van der Waals surface area (Å²) in [5, 5.41) is 9.47. The molecule has 1 aromatic carbocycles. The second kappa shape index (κ2) is 3.99. The minimum absolute atomic E-state index is 0.570. The monoisotopic (exact) mass is 228 g/mol. The first-order valence-electron chi connectivity index (χ1n) is 4.99. The Morgan fingerprint density at radius 2 is 2.00 bits per heavy atom. The molecular weight excluding hydrogens is 216 g/mol. The van der Waals surface area contributed by atoms with E-state index in [9.17, 15) is 0 Å². The Labute approximate surface area is 99.0 Å². The second-order valence-electron chi connectivity index (χ2n) is 3.82. The van der Waals surface area contributed by atoms with Crippen LogP contribution >= 0.6 is 11.3 Å². The molecule has 2 aromatic rings. The third-order valence-electron chi connectivity index (χ3n) is 2.54. The zero-order valence-electron chi connectivity index (χ0n) is 9.24. The number of nitrogens with two attached hydrogens (primary N) is 1. The van der Waals surface area contributed by atoms with E-state index in [4.69, 9.17) is 11.0 Å². The van der Waals surface area contributed by atoms with E-state index in [0.717, 1.165) is 4.88 Å². The largest absolute Gasteiger partial charge is 0.389 e. The van der Waals surface area contributed by atoms with Gasteiger partial charge in [-0.2, -0.15) is 5.26 Å². The van der Waals surface area contributed by atoms with Crippen molar-refractivity contribution >= 4 is 16.3 Å². The number of nitrogens with zero attached hydrogens (tertiary/aromatic N) is 1. The lowest BCUT2D eigenvalue weighted by atomic mass is 10.0. The van der Waals surface area contributed by atoms with Gasteiger partial charge in [-0.05, 0) is 31.0 Å². The van der Waals surface area contributed by atoms with Gasteiger partial charge in [0, 0.05) is 4.88 Å². The van der Waals surface area contributed by atoms with Crippen LogP contribution in [0.4, 0.5) is 5.00 Å². The first-order valence-corrected chi connectivity index (χ1v) is 5.80. The van der Waals surface area contributed by atoms with Gasteiger partial charge in [-0.15, -0.1) is 11.3 Å². The maximum atomic E-state index is 8.88. The number of nitrogen functional groups attached to an aromatic ring is 1. The van der Waals surface area contributed by atoms with Gasteiger partial charge in [-0.25, -0.2) is 0 Å². The molecule has 0 atom stereocenters. The standard InChI is InChI=1S/C13H12N2S/c1-8-3-4-9(2)11(5-8)12-6-10(7-14)13(15)16-12/h3-6H,15H2,1-2H3. The quantitative estimate of drug-likeness (QED) is 0.812. The number of benzene rings is 1. The van der Waals surface area contributed by atoms with E-state index in [-0.39, 0.29) is 0 Å². The van der Waals surface area contributed by atoms with Crippen molar-refractivity contribution in [3.05, 3.63) is 41.0 Å². The topological polar surface area (TPSA) is 49.8 Å². The van der Waals surface area contributed by atoms with Gasteiger partial charge < -0.3 is 5.73 Å². The van der Waals surface area contributed by atoms with Crippen molar-refractivity contribution in [1.82, 2.24) is 0 Å². The predicted molar refractivity (Wildman–Crippen MR) is 68.4 cm³/mol. The van der Waals surface area contributed by atoms with Crippen LogP contribution in [0, 0.1) is 25.2 Å². The fraction of sp³-hybridized carbons (Fsp3) is 0.154. The summed E-state index contributed by atoms with van der Waals surface area (Å²) in [6.07, 6.45) is 0. The van der Waals surface area contributed by atoms with Gasteiger partial charge in [0.05, 0.1) is 5.56 Å². The highest BCUT2D eigenvalue weighted by molar-refractivity contribution is 7.19. The highest BCUT2D eigenvalue weighted by Gasteiger charge is 2.09. The van der Waals surface area contributed by atoms with Gasteiger partial charge in [0.2, 0.25) is 0 Å². The third kappa shape index (κ3) is 1.80. The van der Waals surface area contributed by atoms with Crippen molar-refractivity contribution in [1.29, 1.82) is 5.26 Å². The van der Waals surface area contributed by atoms with Crippen LogP contribution in [0.2, 0.25) is 0 Å². The molecule has 0 fully saturated rings. The molecule has 2 N–H and O–H groups in total. The predicted octanol–water partition coefficient (Wildman–Crippen LogP) is 3.49. The lowest BCUT2D eigenvalue weighted by molar-refractivity contribution is 1.40. The normalized spacial score (nSPS) is 10.1. The first kappa shape index (κ1) is 10.7. The van der Waals surface area contributed by atoms with E-state index in [1.54, 1.807) is 0 Å². The van der Waals surface area contributed by atoms with Crippen molar-refractivity contribution in [3.8, 4) is 16.5 Å². The van der Waals surface area contributed by atoms with Crippen molar-refractivity contribution in [2.24, 2.45) is 0 Å². The smallest absolute Gasteiger partial charge is 0.104 e. The van der Waals surface area contributed by atoms with Crippen LogP contribution in [0.1, 0.15) is 16.7 Å². The summed E-state index contributed by atoms with van der Waals surface area (Å²) >= 11 is 1.47. The van der Waals surface area contributed by atoms with Gasteiger partial charge in [-0.1, -0.05) is 23.8 Å². The Morgan fingerprint density at radius 3 is 2.62 bits per heavy atom. The molecule has 2 rings (SSSR count). The van der Waals surface area contributed by atoms with Gasteiger partial charge in [-0.3, -0.25) is 0 Å². The molecule has 0 bridgehead atoms. The van der Waals surface area contributed by atoms with Crippen LogP contribution in [0.15, 0.2) is 24.3 Å². The van der Waals surface area contributed by atoms with Crippen LogP contribution < -0.4 is 5.73 Å². The lowest BCUT2D eigenvalue weighted by Gasteiger charge is -2.03. The number of anilines is 1. The Morgan fingerprint density at radius 1 is 1.25 bits per heavy atom. The molecule has 80 valence electrons. The number of thiophene rings is 1. The molecule has 0 radical (unpaired) electrons. The molecule has 0 saturated heterocycles. The molecule has 3 heteroatoms. The van der Waals surface area contributed by atoms with E-state index < -0.39 is 0 Å². The summed E-state index contributed by atoms with van der Waals surface area (Å²) in [6, 6.07) is 10.3. The molecule has 0 aliphatic heterocycles. The summed E-state index contributed by atoms with van der Waals surface area (Å²) < 4.78 is 0. The zero-order chi connectivity index (χ0) is 11.7. The number of hydrogen-bond donors (Lipinski definition) is 1. The maximum Gasteiger partial charge on any atom is 0.104 e. The van der Waals surface area contributed by atoms with E-state index in [2.05, 4.69) is 38.1 Å². The highest BCUT2D eigenvalue weighted by Crippen LogP contribution is 2.35. The second-order valence-corrected chi connectivity index (χ2v) is 4.90. The molecule has 0 saturated carbocycles. The summed E-state index contributed by atoms with van der Waals surface area (Å²) in [7, 11) is 0. The van der Waals surface area contributed by atoms with Crippen molar-refractivity contribution in [3.63, 3.8) is 0 Å². The van der Waals surface area contributed by atoms with Gasteiger partial charge in [0.15, 0.2) is 0 Å². The maximum absolute atomic E-state index is 8.88. The fourth-order valence-electron chi connectivity index (χ4n) is 1.63. The average Bonchev–Trinajstić information content (AvgIpc) is 2.63. The Kier molecular flexibility index (Phi) is 2.67. The molecule has 0 unspecified atom stereocenters. The average molecular weight is 228 g/mol. The molecule has 0 amide bonds. The van der Waals surface area contributed by atoms with E-state index >= 15 is 0 Å². The minimum Gasteiger partial charge on any atom is -0.389 e. The summed E-state index contributed by atoms with van der Waals surface area (Å²) in [4.78, 5) is 1.07. The zero-order valence-corrected chi connectivity index (χ0v) is 10.1. The van der Waals surface area contributed by atoms with Crippen LogP contribution in [0.3, 0.4) is 0 Å². The van der Waals surface area contributed by atoms with Gasteiger partial charge >= 0.3 is 0 Å². The molecule has 0 spiro atoms. The van der Waals surface area contributed by atoms with Gasteiger partial charge in [0.1, 0.15) is 11.1 Å². The Balaban J connectivity index is 2.59. The van der Waals surface area contributed by atoms with Crippen molar-refractivity contribution in [2.45, 2.75) is 13.8 Å². The van der Waals surface area contributed by atoms with E-state index in [0.29, 0.717) is 10.6 Å². The van der Waals surface area contributed by atoms with Crippen LogP contribution in [0.5, 0.6) is 0 Å².